The third-order valence-electron chi connectivity index (χ3n) is 3.55. The van der Waals surface area contributed by atoms with Crippen molar-refractivity contribution in [3.8, 4) is 5.75 Å². The van der Waals surface area contributed by atoms with Crippen molar-refractivity contribution in [2.75, 3.05) is 31.4 Å². The Morgan fingerprint density at radius 3 is 2.61 bits per heavy atom. The molecule has 1 N–H and O–H groups in total. The molecule has 0 heterocycles. The summed E-state index contributed by atoms with van der Waals surface area (Å²) in [6.45, 7) is 0.413. The Morgan fingerprint density at radius 2 is 1.93 bits per heavy atom. The van der Waals surface area contributed by atoms with Gasteiger partial charge in [-0.3, -0.25) is 4.79 Å². The van der Waals surface area contributed by atoms with E-state index in [2.05, 4.69) is 5.32 Å². The molecule has 0 saturated carbocycles. The molecule has 0 saturated heterocycles. The smallest absolute Gasteiger partial charge is 0.416 e. The van der Waals surface area contributed by atoms with Crippen molar-refractivity contribution in [2.45, 2.75) is 17.5 Å². The molecule has 2 aromatic carbocycles. The molecule has 4 nitrogen and oxygen atoms in total. The number of rotatable bonds is 9. The van der Waals surface area contributed by atoms with Gasteiger partial charge in [0.05, 0.1) is 22.9 Å². The molecule has 0 fully saturated rings. The molecule has 0 aromatic heterocycles. The number of hydrogen-bond acceptors (Lipinski definition) is 4. The highest BCUT2D eigenvalue weighted by atomic mass is 35.5. The van der Waals surface area contributed by atoms with Crippen molar-refractivity contribution in [3.05, 3.63) is 53.1 Å². The van der Waals surface area contributed by atoms with Crippen LogP contribution in [-0.2, 0) is 15.7 Å². The van der Waals surface area contributed by atoms with Gasteiger partial charge in [0.2, 0.25) is 5.91 Å². The number of hydrogen-bond donors (Lipinski definition) is 1. The quantitative estimate of drug-likeness (QED) is 0.418. The molecule has 0 aliphatic rings. The first kappa shape index (κ1) is 22.4. The molecule has 0 unspecified atom stereocenters. The van der Waals surface area contributed by atoms with Gasteiger partial charge in [-0.1, -0.05) is 23.7 Å². The van der Waals surface area contributed by atoms with Gasteiger partial charge in [0.1, 0.15) is 12.4 Å². The second-order valence-electron chi connectivity index (χ2n) is 5.63. The van der Waals surface area contributed by atoms with Gasteiger partial charge in [0.25, 0.3) is 0 Å². The number of anilines is 1. The van der Waals surface area contributed by atoms with Gasteiger partial charge in [-0.05, 0) is 30.3 Å². The molecule has 0 bridgehead atoms. The summed E-state index contributed by atoms with van der Waals surface area (Å²) < 4.78 is 49.2. The average Bonchev–Trinajstić information content (AvgIpc) is 2.64. The number of amides is 1. The zero-order valence-electron chi connectivity index (χ0n) is 15.0. The van der Waals surface area contributed by atoms with Gasteiger partial charge in [0, 0.05) is 24.2 Å². The lowest BCUT2D eigenvalue weighted by atomic mass is 10.1. The molecule has 0 aliphatic carbocycles. The number of benzene rings is 2. The summed E-state index contributed by atoms with van der Waals surface area (Å²) in [6.07, 6.45) is -4.42. The van der Waals surface area contributed by atoms with E-state index in [0.717, 1.165) is 17.0 Å². The SMILES string of the molecule is COCCOc1ccc(C(F)(F)F)cc1NC(=O)CCSc1ccccc1Cl. The van der Waals surface area contributed by atoms with E-state index in [0.29, 0.717) is 10.8 Å². The lowest BCUT2D eigenvalue weighted by Gasteiger charge is -2.15. The minimum absolute atomic E-state index is 0.0290. The summed E-state index contributed by atoms with van der Waals surface area (Å²) >= 11 is 7.45. The number of thioether (sulfide) groups is 1. The third kappa shape index (κ3) is 6.92. The Morgan fingerprint density at radius 1 is 1.18 bits per heavy atom. The number of methoxy groups -OCH3 is 1. The number of carbonyl (C=O) groups is 1. The van der Waals surface area contributed by atoms with Crippen LogP contribution in [0.5, 0.6) is 5.75 Å². The van der Waals surface area contributed by atoms with Crippen LogP contribution in [0.3, 0.4) is 0 Å². The maximum Gasteiger partial charge on any atom is 0.416 e. The van der Waals surface area contributed by atoms with Crippen molar-refractivity contribution in [2.24, 2.45) is 0 Å². The number of carbonyl (C=O) groups excluding carboxylic acids is 1. The molecule has 0 spiro atoms. The summed E-state index contributed by atoms with van der Waals surface area (Å²) in [5.41, 5.74) is -0.897. The highest BCUT2D eigenvalue weighted by Gasteiger charge is 2.31. The Bertz CT molecular complexity index is 802. The standard InChI is InChI=1S/C19H19ClF3NO3S/c1-26-9-10-27-16-7-6-13(19(21,22)23)12-15(16)24-18(25)8-11-28-17-5-3-2-4-14(17)20/h2-7,12H,8-11H2,1H3,(H,24,25). The van der Waals surface area contributed by atoms with E-state index >= 15 is 0 Å². The van der Waals surface area contributed by atoms with E-state index in [1.165, 1.54) is 24.9 Å². The Kier molecular flexibility index (Phi) is 8.47. The predicted molar refractivity (Wildman–Crippen MR) is 104 cm³/mol. The van der Waals surface area contributed by atoms with E-state index in [4.69, 9.17) is 21.1 Å². The van der Waals surface area contributed by atoms with Gasteiger partial charge < -0.3 is 14.8 Å². The summed E-state index contributed by atoms with van der Waals surface area (Å²) in [6, 6.07) is 10.2. The first-order valence-corrected chi connectivity index (χ1v) is 9.68. The highest BCUT2D eigenvalue weighted by molar-refractivity contribution is 7.99. The Labute approximate surface area is 170 Å². The van der Waals surface area contributed by atoms with Crippen LogP contribution in [-0.4, -0.2) is 32.0 Å². The van der Waals surface area contributed by atoms with E-state index in [1.807, 2.05) is 12.1 Å². The van der Waals surface area contributed by atoms with Crippen LogP contribution in [0.4, 0.5) is 18.9 Å². The first-order chi connectivity index (χ1) is 13.3. The lowest BCUT2D eigenvalue weighted by molar-refractivity contribution is -0.137. The van der Waals surface area contributed by atoms with Crippen molar-refractivity contribution < 1.29 is 27.4 Å². The summed E-state index contributed by atoms with van der Waals surface area (Å²) in [7, 11) is 1.48. The number of ether oxygens (including phenoxy) is 2. The molecule has 9 heteroatoms. The van der Waals surface area contributed by atoms with Crippen LogP contribution in [0.1, 0.15) is 12.0 Å². The van der Waals surface area contributed by atoms with Crippen LogP contribution >= 0.6 is 23.4 Å². The van der Waals surface area contributed by atoms with Crippen molar-refractivity contribution in [1.29, 1.82) is 0 Å². The predicted octanol–water partition coefficient (Wildman–Crippen LogP) is 5.50. The van der Waals surface area contributed by atoms with Crippen LogP contribution in [0.2, 0.25) is 5.02 Å². The van der Waals surface area contributed by atoms with Gasteiger partial charge in [-0.25, -0.2) is 0 Å². The maximum atomic E-state index is 13.0. The maximum absolute atomic E-state index is 13.0. The molecule has 1 amide bonds. The summed E-state index contributed by atoms with van der Waals surface area (Å²) in [4.78, 5) is 13.0. The molecular weight excluding hydrogens is 415 g/mol. The van der Waals surface area contributed by atoms with Crippen LogP contribution in [0, 0.1) is 0 Å². The van der Waals surface area contributed by atoms with E-state index < -0.39 is 17.6 Å². The highest BCUT2D eigenvalue weighted by Crippen LogP contribution is 2.35. The second-order valence-corrected chi connectivity index (χ2v) is 7.17. The molecule has 0 radical (unpaired) electrons. The Hall–Kier alpha value is -1.90. The van der Waals surface area contributed by atoms with E-state index in [9.17, 15) is 18.0 Å². The number of alkyl halides is 3. The monoisotopic (exact) mass is 433 g/mol. The van der Waals surface area contributed by atoms with Crippen LogP contribution in [0.25, 0.3) is 0 Å². The molecular formula is C19H19ClF3NO3S. The average molecular weight is 434 g/mol. The zero-order chi connectivity index (χ0) is 20.6. The molecule has 0 aliphatic heterocycles. The molecule has 2 aromatic rings. The van der Waals surface area contributed by atoms with Crippen molar-refractivity contribution in [1.82, 2.24) is 0 Å². The van der Waals surface area contributed by atoms with Crippen molar-refractivity contribution >= 4 is 35.0 Å². The van der Waals surface area contributed by atoms with Gasteiger partial charge >= 0.3 is 6.18 Å². The lowest BCUT2D eigenvalue weighted by Crippen LogP contribution is -2.15. The molecule has 152 valence electrons. The molecule has 28 heavy (non-hydrogen) atoms. The topological polar surface area (TPSA) is 47.6 Å². The number of nitrogens with one attached hydrogen (secondary N) is 1. The summed E-state index contributed by atoms with van der Waals surface area (Å²) in [5, 5.41) is 3.08. The zero-order valence-corrected chi connectivity index (χ0v) is 16.6. The van der Waals surface area contributed by atoms with E-state index in [-0.39, 0.29) is 31.1 Å². The minimum Gasteiger partial charge on any atom is -0.489 e. The van der Waals surface area contributed by atoms with Crippen LogP contribution in [0.15, 0.2) is 47.4 Å². The van der Waals surface area contributed by atoms with Crippen LogP contribution < -0.4 is 10.1 Å². The fourth-order valence-electron chi connectivity index (χ4n) is 2.19. The first-order valence-electron chi connectivity index (χ1n) is 8.31. The third-order valence-corrected chi connectivity index (χ3v) is 5.07. The van der Waals surface area contributed by atoms with Crippen molar-refractivity contribution in [3.63, 3.8) is 0 Å². The summed E-state index contributed by atoms with van der Waals surface area (Å²) in [5.74, 6) is 0.154. The normalized spacial score (nSPS) is 11.3. The minimum atomic E-state index is -4.52. The number of halogens is 4. The van der Waals surface area contributed by atoms with E-state index in [1.54, 1.807) is 12.1 Å². The fourth-order valence-corrected chi connectivity index (χ4v) is 3.38. The van der Waals surface area contributed by atoms with Gasteiger partial charge in [-0.15, -0.1) is 11.8 Å². The van der Waals surface area contributed by atoms with Gasteiger partial charge in [0.15, 0.2) is 0 Å². The molecule has 2 rings (SSSR count). The van der Waals surface area contributed by atoms with Gasteiger partial charge in [-0.2, -0.15) is 13.2 Å². The largest absolute Gasteiger partial charge is 0.489 e. The molecule has 0 atom stereocenters. The second kappa shape index (κ2) is 10.6. The Balaban J connectivity index is 2.02. The fraction of sp³-hybridized carbons (Fsp3) is 0.316.